The molecular formula is C17H15NO2. The van der Waals surface area contributed by atoms with Crippen molar-refractivity contribution in [3.8, 4) is 11.5 Å². The number of hydrogen-bond acceptors (Lipinski definition) is 3. The van der Waals surface area contributed by atoms with Crippen molar-refractivity contribution in [1.82, 2.24) is 4.98 Å². The summed E-state index contributed by atoms with van der Waals surface area (Å²) >= 11 is 0. The SMILES string of the molecule is Cc1cccnc1COc1cc2ccccc2cc1O. The van der Waals surface area contributed by atoms with E-state index in [0.29, 0.717) is 12.4 Å². The summed E-state index contributed by atoms with van der Waals surface area (Å²) in [6, 6.07) is 15.3. The monoisotopic (exact) mass is 265 g/mol. The lowest BCUT2D eigenvalue weighted by molar-refractivity contribution is 0.284. The number of aromatic hydroxyl groups is 1. The Kier molecular flexibility index (Phi) is 3.25. The number of nitrogens with zero attached hydrogens (tertiary/aromatic N) is 1. The van der Waals surface area contributed by atoms with Crippen molar-refractivity contribution in [3.05, 3.63) is 66.0 Å². The third-order valence-corrected chi connectivity index (χ3v) is 3.31. The lowest BCUT2D eigenvalue weighted by atomic mass is 10.1. The summed E-state index contributed by atoms with van der Waals surface area (Å²) in [4.78, 5) is 4.28. The molecule has 1 heterocycles. The van der Waals surface area contributed by atoms with Gasteiger partial charge < -0.3 is 9.84 Å². The van der Waals surface area contributed by atoms with Crippen LogP contribution in [0.25, 0.3) is 10.8 Å². The molecular weight excluding hydrogens is 250 g/mol. The fourth-order valence-corrected chi connectivity index (χ4v) is 2.14. The van der Waals surface area contributed by atoms with Crippen LogP contribution < -0.4 is 4.74 Å². The summed E-state index contributed by atoms with van der Waals surface area (Å²) in [5.41, 5.74) is 1.95. The zero-order chi connectivity index (χ0) is 13.9. The molecule has 0 fully saturated rings. The first-order valence-electron chi connectivity index (χ1n) is 6.49. The number of hydrogen-bond donors (Lipinski definition) is 1. The van der Waals surface area contributed by atoms with Crippen LogP contribution in [-0.4, -0.2) is 10.1 Å². The summed E-state index contributed by atoms with van der Waals surface area (Å²) < 4.78 is 5.70. The van der Waals surface area contributed by atoms with E-state index >= 15 is 0 Å². The Bertz CT molecular complexity index is 753. The van der Waals surface area contributed by atoms with Gasteiger partial charge in [0.05, 0.1) is 5.69 Å². The maximum absolute atomic E-state index is 10.0. The van der Waals surface area contributed by atoms with E-state index < -0.39 is 0 Å². The normalized spacial score (nSPS) is 10.7. The van der Waals surface area contributed by atoms with Crippen LogP contribution in [0.1, 0.15) is 11.3 Å². The van der Waals surface area contributed by atoms with Gasteiger partial charge in [-0.25, -0.2) is 0 Å². The van der Waals surface area contributed by atoms with Crippen LogP contribution in [0.5, 0.6) is 11.5 Å². The Morgan fingerprint density at radius 1 is 1.05 bits per heavy atom. The van der Waals surface area contributed by atoms with E-state index in [9.17, 15) is 5.11 Å². The molecule has 3 heteroatoms. The lowest BCUT2D eigenvalue weighted by Crippen LogP contribution is -2.00. The standard InChI is InChI=1S/C17H15NO2/c1-12-5-4-8-18-15(12)11-20-17-10-14-7-3-2-6-13(14)9-16(17)19/h2-10,19H,11H2,1H3. The number of fused-ring (bicyclic) bond motifs is 1. The molecule has 20 heavy (non-hydrogen) atoms. The largest absolute Gasteiger partial charge is 0.504 e. The average molecular weight is 265 g/mol. The highest BCUT2D eigenvalue weighted by Crippen LogP contribution is 2.31. The third-order valence-electron chi connectivity index (χ3n) is 3.31. The van der Waals surface area contributed by atoms with Crippen LogP contribution in [0.4, 0.5) is 0 Å². The molecule has 0 unspecified atom stereocenters. The van der Waals surface area contributed by atoms with Gasteiger partial charge in [-0.15, -0.1) is 0 Å². The summed E-state index contributed by atoms with van der Waals surface area (Å²) in [6.45, 7) is 2.34. The van der Waals surface area contributed by atoms with Crippen LogP contribution in [0.15, 0.2) is 54.7 Å². The van der Waals surface area contributed by atoms with E-state index in [-0.39, 0.29) is 5.75 Å². The molecule has 3 nitrogen and oxygen atoms in total. The molecule has 0 atom stereocenters. The van der Waals surface area contributed by atoms with Gasteiger partial charge in [0, 0.05) is 6.20 Å². The Hall–Kier alpha value is -2.55. The smallest absolute Gasteiger partial charge is 0.162 e. The van der Waals surface area contributed by atoms with Gasteiger partial charge in [-0.2, -0.15) is 0 Å². The minimum Gasteiger partial charge on any atom is -0.504 e. The first-order chi connectivity index (χ1) is 9.74. The molecule has 1 N–H and O–H groups in total. The number of ether oxygens (including phenoxy) is 1. The zero-order valence-corrected chi connectivity index (χ0v) is 11.2. The van der Waals surface area contributed by atoms with Gasteiger partial charge in [0.2, 0.25) is 0 Å². The zero-order valence-electron chi connectivity index (χ0n) is 11.2. The molecule has 0 radical (unpaired) electrons. The molecule has 0 saturated heterocycles. The first kappa shape index (κ1) is 12.5. The number of phenolic OH excluding ortho intramolecular Hbond substituents is 1. The number of pyridine rings is 1. The van der Waals surface area contributed by atoms with Gasteiger partial charge in [-0.05, 0) is 41.5 Å². The van der Waals surface area contributed by atoms with E-state index in [1.165, 1.54) is 0 Å². The molecule has 0 bridgehead atoms. The molecule has 3 aromatic rings. The number of rotatable bonds is 3. The van der Waals surface area contributed by atoms with Gasteiger partial charge >= 0.3 is 0 Å². The van der Waals surface area contributed by atoms with Crippen molar-refractivity contribution in [2.45, 2.75) is 13.5 Å². The third kappa shape index (κ3) is 2.43. The van der Waals surface area contributed by atoms with Crippen LogP contribution in [0.2, 0.25) is 0 Å². The second-order valence-corrected chi connectivity index (χ2v) is 4.72. The second-order valence-electron chi connectivity index (χ2n) is 4.72. The Morgan fingerprint density at radius 3 is 2.55 bits per heavy atom. The lowest BCUT2D eigenvalue weighted by Gasteiger charge is -2.10. The first-order valence-corrected chi connectivity index (χ1v) is 6.49. The highest BCUT2D eigenvalue weighted by atomic mass is 16.5. The predicted octanol–water partition coefficient (Wildman–Crippen LogP) is 3.83. The molecule has 0 spiro atoms. The Labute approximate surface area is 117 Å². The highest BCUT2D eigenvalue weighted by molar-refractivity contribution is 5.85. The topological polar surface area (TPSA) is 42.4 Å². The van der Waals surface area contributed by atoms with Crippen molar-refractivity contribution >= 4 is 10.8 Å². The quantitative estimate of drug-likeness (QED) is 0.782. The van der Waals surface area contributed by atoms with Crippen molar-refractivity contribution in [3.63, 3.8) is 0 Å². The summed E-state index contributed by atoms with van der Waals surface area (Å²) in [5, 5.41) is 12.0. The van der Waals surface area contributed by atoms with Crippen molar-refractivity contribution in [2.24, 2.45) is 0 Å². The van der Waals surface area contributed by atoms with E-state index in [2.05, 4.69) is 4.98 Å². The highest BCUT2D eigenvalue weighted by Gasteiger charge is 2.06. The predicted molar refractivity (Wildman–Crippen MR) is 78.9 cm³/mol. The molecule has 2 aromatic carbocycles. The number of aromatic nitrogens is 1. The molecule has 0 aliphatic carbocycles. The molecule has 0 aliphatic rings. The molecule has 100 valence electrons. The number of aryl methyl sites for hydroxylation is 1. The second kappa shape index (κ2) is 5.21. The van der Waals surface area contributed by atoms with Crippen LogP contribution >= 0.6 is 0 Å². The van der Waals surface area contributed by atoms with Gasteiger partial charge in [0.25, 0.3) is 0 Å². The molecule has 0 saturated carbocycles. The summed E-state index contributed by atoms with van der Waals surface area (Å²) in [6.07, 6.45) is 1.74. The molecule has 0 aliphatic heterocycles. The number of benzene rings is 2. The average Bonchev–Trinajstić information content (AvgIpc) is 2.46. The van der Waals surface area contributed by atoms with Crippen LogP contribution in [0.3, 0.4) is 0 Å². The summed E-state index contributed by atoms with van der Waals surface area (Å²) in [5.74, 6) is 0.631. The summed E-state index contributed by atoms with van der Waals surface area (Å²) in [7, 11) is 0. The van der Waals surface area contributed by atoms with Gasteiger partial charge in [-0.1, -0.05) is 30.3 Å². The van der Waals surface area contributed by atoms with E-state index in [0.717, 1.165) is 22.0 Å². The molecule has 1 aromatic heterocycles. The Balaban J connectivity index is 1.87. The van der Waals surface area contributed by atoms with E-state index in [1.54, 1.807) is 12.3 Å². The maximum Gasteiger partial charge on any atom is 0.162 e. The minimum absolute atomic E-state index is 0.150. The van der Waals surface area contributed by atoms with Crippen molar-refractivity contribution < 1.29 is 9.84 Å². The van der Waals surface area contributed by atoms with Gasteiger partial charge in [0.15, 0.2) is 11.5 Å². The molecule has 3 rings (SSSR count). The van der Waals surface area contributed by atoms with Crippen molar-refractivity contribution in [2.75, 3.05) is 0 Å². The van der Waals surface area contributed by atoms with Gasteiger partial charge in [-0.3, -0.25) is 4.98 Å². The van der Waals surface area contributed by atoms with E-state index in [1.807, 2.05) is 49.4 Å². The van der Waals surface area contributed by atoms with Crippen LogP contribution in [-0.2, 0) is 6.61 Å². The minimum atomic E-state index is 0.150. The molecule has 0 amide bonds. The Morgan fingerprint density at radius 2 is 1.80 bits per heavy atom. The van der Waals surface area contributed by atoms with Gasteiger partial charge in [0.1, 0.15) is 6.61 Å². The fourth-order valence-electron chi connectivity index (χ4n) is 2.14. The van der Waals surface area contributed by atoms with Crippen molar-refractivity contribution in [1.29, 1.82) is 0 Å². The van der Waals surface area contributed by atoms with Crippen LogP contribution in [0, 0.1) is 6.92 Å². The van der Waals surface area contributed by atoms with E-state index in [4.69, 9.17) is 4.74 Å². The maximum atomic E-state index is 10.0. The number of phenols is 1. The fraction of sp³-hybridized carbons (Fsp3) is 0.118.